The molecule has 0 amide bonds. The van der Waals surface area contributed by atoms with Crippen LogP contribution in [0.15, 0.2) is 30.6 Å². The second-order valence-electron chi connectivity index (χ2n) is 5.23. The van der Waals surface area contributed by atoms with Gasteiger partial charge in [0.05, 0.1) is 11.9 Å². The van der Waals surface area contributed by atoms with Gasteiger partial charge in [0.25, 0.3) is 0 Å². The van der Waals surface area contributed by atoms with Crippen LogP contribution in [0.2, 0.25) is 0 Å². The summed E-state index contributed by atoms with van der Waals surface area (Å²) in [4.78, 5) is 0. The normalized spacial score (nSPS) is 15.0. The zero-order valence-electron chi connectivity index (χ0n) is 11.0. The van der Waals surface area contributed by atoms with Gasteiger partial charge >= 0.3 is 0 Å². The van der Waals surface area contributed by atoms with E-state index < -0.39 is 0 Å². The Morgan fingerprint density at radius 1 is 1.33 bits per heavy atom. The third kappa shape index (κ3) is 2.46. The third-order valence-electron chi connectivity index (χ3n) is 3.46. The summed E-state index contributed by atoms with van der Waals surface area (Å²) in [5.41, 5.74) is 5.03. The van der Waals surface area contributed by atoms with Gasteiger partial charge in [0.15, 0.2) is 0 Å². The number of hydrogen-bond acceptors (Lipinski definition) is 2. The van der Waals surface area contributed by atoms with Crippen LogP contribution < -0.4 is 5.32 Å². The van der Waals surface area contributed by atoms with Crippen molar-refractivity contribution in [3.8, 4) is 5.69 Å². The standard InChI is InChI=1S/C15H19N3/c1-11-8-17-18(10-11)15-6-3-13(12(2)7-15)9-16-14-4-5-14/h3,6-8,10,14,16H,4-5,9H2,1-2H3. The Labute approximate surface area is 108 Å². The Bertz CT molecular complexity index is 553. The molecule has 0 aliphatic heterocycles. The number of nitrogens with zero attached hydrogens (tertiary/aromatic N) is 2. The molecule has 0 atom stereocenters. The highest BCUT2D eigenvalue weighted by atomic mass is 15.3. The minimum Gasteiger partial charge on any atom is -0.310 e. The van der Waals surface area contributed by atoms with Crippen molar-refractivity contribution in [2.45, 2.75) is 39.3 Å². The molecule has 94 valence electrons. The molecule has 18 heavy (non-hydrogen) atoms. The zero-order chi connectivity index (χ0) is 12.5. The highest BCUT2D eigenvalue weighted by Crippen LogP contribution is 2.20. The van der Waals surface area contributed by atoms with Gasteiger partial charge < -0.3 is 5.32 Å². The van der Waals surface area contributed by atoms with Gasteiger partial charge in [-0.25, -0.2) is 4.68 Å². The molecule has 0 radical (unpaired) electrons. The largest absolute Gasteiger partial charge is 0.310 e. The maximum Gasteiger partial charge on any atom is 0.0648 e. The summed E-state index contributed by atoms with van der Waals surface area (Å²) in [6.45, 7) is 5.21. The smallest absolute Gasteiger partial charge is 0.0648 e. The van der Waals surface area contributed by atoms with E-state index in [0.717, 1.165) is 18.3 Å². The van der Waals surface area contributed by atoms with Crippen molar-refractivity contribution >= 4 is 0 Å². The highest BCUT2D eigenvalue weighted by Gasteiger charge is 2.20. The van der Waals surface area contributed by atoms with Crippen molar-refractivity contribution in [1.82, 2.24) is 15.1 Å². The fraction of sp³-hybridized carbons (Fsp3) is 0.400. The van der Waals surface area contributed by atoms with Gasteiger partial charge in [0, 0.05) is 18.8 Å². The average Bonchev–Trinajstić information content (AvgIpc) is 3.08. The summed E-state index contributed by atoms with van der Waals surface area (Å²) in [6.07, 6.45) is 6.61. The second kappa shape index (κ2) is 4.58. The highest BCUT2D eigenvalue weighted by molar-refractivity contribution is 5.40. The molecular weight excluding hydrogens is 222 g/mol. The van der Waals surface area contributed by atoms with Crippen LogP contribution in [0.1, 0.15) is 29.5 Å². The molecule has 1 aromatic carbocycles. The van der Waals surface area contributed by atoms with Gasteiger partial charge in [-0.1, -0.05) is 6.07 Å². The van der Waals surface area contributed by atoms with Crippen molar-refractivity contribution in [2.24, 2.45) is 0 Å². The Kier molecular flexibility index (Phi) is 2.92. The van der Waals surface area contributed by atoms with E-state index in [1.54, 1.807) is 0 Å². The molecule has 1 heterocycles. The lowest BCUT2D eigenvalue weighted by molar-refractivity contribution is 0.685. The van der Waals surface area contributed by atoms with Crippen molar-refractivity contribution < 1.29 is 0 Å². The Balaban J connectivity index is 1.79. The molecule has 1 saturated carbocycles. The Morgan fingerprint density at radius 3 is 2.78 bits per heavy atom. The molecule has 1 aromatic heterocycles. The third-order valence-corrected chi connectivity index (χ3v) is 3.46. The van der Waals surface area contributed by atoms with Gasteiger partial charge in [0.1, 0.15) is 0 Å². The Hall–Kier alpha value is -1.61. The molecule has 3 heteroatoms. The minimum absolute atomic E-state index is 0.762. The number of benzene rings is 1. The molecule has 0 bridgehead atoms. The van der Waals surface area contributed by atoms with Gasteiger partial charge in [0.2, 0.25) is 0 Å². The lowest BCUT2D eigenvalue weighted by Crippen LogP contribution is -2.16. The zero-order valence-corrected chi connectivity index (χ0v) is 11.0. The van der Waals surface area contributed by atoms with Crippen LogP contribution >= 0.6 is 0 Å². The summed E-state index contributed by atoms with van der Waals surface area (Å²) < 4.78 is 1.93. The molecule has 3 nitrogen and oxygen atoms in total. The Morgan fingerprint density at radius 2 is 2.17 bits per heavy atom. The first-order chi connectivity index (χ1) is 8.72. The predicted octanol–water partition coefficient (Wildman–Crippen LogP) is 2.74. The van der Waals surface area contributed by atoms with Crippen molar-refractivity contribution in [3.05, 3.63) is 47.3 Å². The number of hydrogen-bond donors (Lipinski definition) is 1. The number of rotatable bonds is 4. The molecule has 0 spiro atoms. The molecule has 1 N–H and O–H groups in total. The van der Waals surface area contributed by atoms with Crippen LogP contribution in [-0.2, 0) is 6.54 Å². The predicted molar refractivity (Wildman–Crippen MR) is 72.9 cm³/mol. The van der Waals surface area contributed by atoms with Crippen LogP contribution in [0.4, 0.5) is 0 Å². The molecule has 1 aliphatic carbocycles. The molecule has 2 aromatic rings. The van der Waals surface area contributed by atoms with E-state index in [-0.39, 0.29) is 0 Å². The lowest BCUT2D eigenvalue weighted by Gasteiger charge is -2.09. The van der Waals surface area contributed by atoms with E-state index in [9.17, 15) is 0 Å². The maximum absolute atomic E-state index is 4.34. The number of nitrogens with one attached hydrogen (secondary N) is 1. The van der Waals surface area contributed by atoms with E-state index in [2.05, 4.69) is 48.7 Å². The van der Waals surface area contributed by atoms with E-state index in [1.165, 1.54) is 29.5 Å². The second-order valence-corrected chi connectivity index (χ2v) is 5.23. The summed E-state index contributed by atoms with van der Waals surface area (Å²) in [7, 11) is 0. The molecule has 0 saturated heterocycles. The van der Waals surface area contributed by atoms with E-state index >= 15 is 0 Å². The van der Waals surface area contributed by atoms with Crippen LogP contribution in [0, 0.1) is 13.8 Å². The van der Waals surface area contributed by atoms with Gasteiger partial charge in [-0.05, 0) is 55.5 Å². The number of aromatic nitrogens is 2. The van der Waals surface area contributed by atoms with E-state index in [4.69, 9.17) is 0 Å². The molecule has 1 fully saturated rings. The number of aryl methyl sites for hydroxylation is 2. The first-order valence-electron chi connectivity index (χ1n) is 6.57. The van der Waals surface area contributed by atoms with Crippen LogP contribution in [-0.4, -0.2) is 15.8 Å². The fourth-order valence-electron chi connectivity index (χ4n) is 2.12. The van der Waals surface area contributed by atoms with Gasteiger partial charge in [-0.3, -0.25) is 0 Å². The topological polar surface area (TPSA) is 29.9 Å². The summed E-state index contributed by atoms with van der Waals surface area (Å²) in [6, 6.07) is 7.31. The average molecular weight is 241 g/mol. The van der Waals surface area contributed by atoms with Crippen molar-refractivity contribution in [1.29, 1.82) is 0 Å². The summed E-state index contributed by atoms with van der Waals surface area (Å²) in [5, 5.41) is 7.90. The minimum atomic E-state index is 0.762. The van der Waals surface area contributed by atoms with E-state index in [0.29, 0.717) is 0 Å². The van der Waals surface area contributed by atoms with Crippen LogP contribution in [0.25, 0.3) is 5.69 Å². The monoisotopic (exact) mass is 241 g/mol. The van der Waals surface area contributed by atoms with Crippen molar-refractivity contribution in [2.75, 3.05) is 0 Å². The summed E-state index contributed by atoms with van der Waals surface area (Å²) >= 11 is 0. The molecule has 3 rings (SSSR count). The molecule has 0 unspecified atom stereocenters. The fourth-order valence-corrected chi connectivity index (χ4v) is 2.12. The quantitative estimate of drug-likeness (QED) is 0.892. The van der Waals surface area contributed by atoms with Crippen LogP contribution in [0.5, 0.6) is 0 Å². The van der Waals surface area contributed by atoms with Gasteiger partial charge in [-0.15, -0.1) is 0 Å². The van der Waals surface area contributed by atoms with Gasteiger partial charge in [-0.2, -0.15) is 5.10 Å². The lowest BCUT2D eigenvalue weighted by atomic mass is 10.1. The van der Waals surface area contributed by atoms with E-state index in [1.807, 2.05) is 10.9 Å². The maximum atomic E-state index is 4.34. The molecular formula is C15H19N3. The summed E-state index contributed by atoms with van der Waals surface area (Å²) in [5.74, 6) is 0. The van der Waals surface area contributed by atoms with Crippen molar-refractivity contribution in [3.63, 3.8) is 0 Å². The first-order valence-corrected chi connectivity index (χ1v) is 6.57. The van der Waals surface area contributed by atoms with Crippen LogP contribution in [0.3, 0.4) is 0 Å². The SMILES string of the molecule is Cc1cnn(-c2ccc(CNC3CC3)c(C)c2)c1. The molecule has 1 aliphatic rings. The first kappa shape index (κ1) is 11.5.